The number of aromatic carboxylic acids is 1. The van der Waals surface area contributed by atoms with Crippen molar-refractivity contribution in [1.82, 2.24) is 15.3 Å². The molecule has 6 nitrogen and oxygen atoms in total. The van der Waals surface area contributed by atoms with Gasteiger partial charge in [-0.3, -0.25) is 4.79 Å². The minimum atomic E-state index is -0.989. The summed E-state index contributed by atoms with van der Waals surface area (Å²) in [6.45, 7) is 0.263. The first-order chi connectivity index (χ1) is 8.66. The van der Waals surface area contributed by atoms with Crippen LogP contribution >= 0.6 is 0 Å². The molecule has 2 aromatic rings. The van der Waals surface area contributed by atoms with Gasteiger partial charge in [0.1, 0.15) is 5.69 Å². The Morgan fingerprint density at radius 2 is 2.22 bits per heavy atom. The van der Waals surface area contributed by atoms with Crippen LogP contribution in [-0.4, -0.2) is 27.0 Å². The Morgan fingerprint density at radius 1 is 1.39 bits per heavy atom. The third-order valence-electron chi connectivity index (χ3n) is 2.37. The number of H-pyrrole nitrogens is 1. The topological polar surface area (TPSA) is 95.1 Å². The number of carbonyl (C=O) groups is 2. The van der Waals surface area contributed by atoms with Gasteiger partial charge >= 0.3 is 5.97 Å². The van der Waals surface area contributed by atoms with Gasteiger partial charge in [-0.1, -0.05) is 12.1 Å². The van der Waals surface area contributed by atoms with Gasteiger partial charge in [0.2, 0.25) is 0 Å². The molecule has 0 aliphatic rings. The van der Waals surface area contributed by atoms with E-state index in [-0.39, 0.29) is 18.0 Å². The van der Waals surface area contributed by atoms with Gasteiger partial charge in [0, 0.05) is 6.54 Å². The first-order valence-electron chi connectivity index (χ1n) is 5.25. The summed E-state index contributed by atoms with van der Waals surface area (Å²) in [5.41, 5.74) is 1.29. The van der Waals surface area contributed by atoms with Crippen LogP contribution in [0.25, 0.3) is 0 Å². The van der Waals surface area contributed by atoms with Crippen molar-refractivity contribution in [3.05, 3.63) is 53.6 Å². The average Bonchev–Trinajstić information content (AvgIpc) is 2.90. The Morgan fingerprint density at radius 3 is 2.89 bits per heavy atom. The van der Waals surface area contributed by atoms with Gasteiger partial charge < -0.3 is 15.4 Å². The number of aromatic nitrogens is 2. The number of aromatic amines is 1. The molecular weight excluding hydrogens is 234 g/mol. The van der Waals surface area contributed by atoms with Crippen LogP contribution in [0.2, 0.25) is 0 Å². The van der Waals surface area contributed by atoms with Crippen LogP contribution in [0.3, 0.4) is 0 Å². The number of benzene rings is 1. The summed E-state index contributed by atoms with van der Waals surface area (Å²) < 4.78 is 0. The second-order valence-electron chi connectivity index (χ2n) is 3.65. The highest BCUT2D eigenvalue weighted by molar-refractivity contribution is 5.92. The predicted molar refractivity (Wildman–Crippen MR) is 63.2 cm³/mol. The van der Waals surface area contributed by atoms with E-state index >= 15 is 0 Å². The van der Waals surface area contributed by atoms with E-state index in [9.17, 15) is 9.59 Å². The molecule has 0 unspecified atom stereocenters. The second kappa shape index (κ2) is 5.13. The van der Waals surface area contributed by atoms with Crippen molar-refractivity contribution in [3.8, 4) is 0 Å². The monoisotopic (exact) mass is 245 g/mol. The minimum Gasteiger partial charge on any atom is -0.478 e. The Labute approximate surface area is 103 Å². The summed E-state index contributed by atoms with van der Waals surface area (Å²) in [6, 6.07) is 6.42. The van der Waals surface area contributed by atoms with E-state index in [0.717, 1.165) is 5.56 Å². The van der Waals surface area contributed by atoms with E-state index in [1.165, 1.54) is 24.7 Å². The molecule has 0 saturated carbocycles. The number of imidazole rings is 1. The highest BCUT2D eigenvalue weighted by Gasteiger charge is 2.07. The number of nitrogens with one attached hydrogen (secondary N) is 2. The largest absolute Gasteiger partial charge is 0.478 e. The van der Waals surface area contributed by atoms with Crippen molar-refractivity contribution in [2.45, 2.75) is 6.54 Å². The zero-order chi connectivity index (χ0) is 13.0. The molecular formula is C12H11N3O3. The van der Waals surface area contributed by atoms with E-state index < -0.39 is 5.97 Å². The van der Waals surface area contributed by atoms with Crippen molar-refractivity contribution >= 4 is 11.9 Å². The van der Waals surface area contributed by atoms with E-state index in [0.29, 0.717) is 5.69 Å². The summed E-state index contributed by atoms with van der Waals surface area (Å²) in [7, 11) is 0. The van der Waals surface area contributed by atoms with Gasteiger partial charge in [-0.2, -0.15) is 0 Å². The number of amides is 1. The molecule has 0 bridgehead atoms. The van der Waals surface area contributed by atoms with E-state index in [4.69, 9.17) is 5.11 Å². The van der Waals surface area contributed by atoms with Gasteiger partial charge in [-0.05, 0) is 17.7 Å². The van der Waals surface area contributed by atoms with Gasteiger partial charge in [-0.15, -0.1) is 0 Å². The molecule has 0 spiro atoms. The highest BCUT2D eigenvalue weighted by atomic mass is 16.4. The number of hydrogen-bond donors (Lipinski definition) is 3. The Hall–Kier alpha value is -2.63. The molecule has 0 aliphatic heterocycles. The van der Waals surface area contributed by atoms with Crippen LogP contribution in [0.15, 0.2) is 36.8 Å². The van der Waals surface area contributed by atoms with Crippen molar-refractivity contribution in [2.75, 3.05) is 0 Å². The molecule has 92 valence electrons. The van der Waals surface area contributed by atoms with E-state index in [1.54, 1.807) is 12.1 Å². The van der Waals surface area contributed by atoms with Crippen LogP contribution in [0, 0.1) is 0 Å². The lowest BCUT2D eigenvalue weighted by atomic mass is 10.1. The number of nitrogens with zero attached hydrogens (tertiary/aromatic N) is 1. The molecule has 1 aromatic carbocycles. The summed E-state index contributed by atoms with van der Waals surface area (Å²) >= 11 is 0. The molecule has 18 heavy (non-hydrogen) atoms. The fourth-order valence-electron chi connectivity index (χ4n) is 1.47. The van der Waals surface area contributed by atoms with Gasteiger partial charge in [-0.25, -0.2) is 9.78 Å². The molecule has 2 rings (SSSR count). The zero-order valence-corrected chi connectivity index (χ0v) is 9.38. The van der Waals surface area contributed by atoms with E-state index in [1.807, 2.05) is 0 Å². The summed E-state index contributed by atoms with van der Waals surface area (Å²) in [6.07, 6.45) is 2.84. The van der Waals surface area contributed by atoms with Gasteiger partial charge in [0.15, 0.2) is 0 Å². The first-order valence-corrected chi connectivity index (χ1v) is 5.25. The van der Waals surface area contributed by atoms with Crippen molar-refractivity contribution < 1.29 is 14.7 Å². The molecule has 0 saturated heterocycles. The molecule has 6 heteroatoms. The number of carboxylic acids is 1. The number of carboxylic acid groups (broad SMARTS) is 1. The molecule has 1 heterocycles. The number of rotatable bonds is 4. The molecule has 0 aliphatic carbocycles. The third-order valence-corrected chi connectivity index (χ3v) is 2.37. The molecule has 0 atom stereocenters. The van der Waals surface area contributed by atoms with Gasteiger partial charge in [0.05, 0.1) is 18.1 Å². The maximum absolute atomic E-state index is 11.6. The normalized spacial score (nSPS) is 10.0. The lowest BCUT2D eigenvalue weighted by Gasteiger charge is -2.04. The van der Waals surface area contributed by atoms with Crippen molar-refractivity contribution in [3.63, 3.8) is 0 Å². The summed E-state index contributed by atoms with van der Waals surface area (Å²) in [5, 5.41) is 11.5. The Balaban J connectivity index is 2.00. The second-order valence-corrected chi connectivity index (χ2v) is 3.65. The number of carbonyl (C=O) groups excluding carboxylic acids is 1. The average molecular weight is 245 g/mol. The molecule has 1 aromatic heterocycles. The fourth-order valence-corrected chi connectivity index (χ4v) is 1.47. The quantitative estimate of drug-likeness (QED) is 0.749. The molecule has 3 N–H and O–H groups in total. The molecule has 0 fully saturated rings. The molecule has 1 amide bonds. The summed E-state index contributed by atoms with van der Waals surface area (Å²) in [4.78, 5) is 28.8. The SMILES string of the molecule is O=C(O)c1cccc(CNC(=O)c2cnc[nH]2)c1. The minimum absolute atomic E-state index is 0.197. The first kappa shape index (κ1) is 11.8. The third kappa shape index (κ3) is 2.73. The van der Waals surface area contributed by atoms with Crippen LogP contribution in [0.1, 0.15) is 26.4 Å². The smallest absolute Gasteiger partial charge is 0.335 e. The fraction of sp³-hybridized carbons (Fsp3) is 0.0833. The Kier molecular flexibility index (Phi) is 3.38. The standard InChI is InChI=1S/C12H11N3O3/c16-11(10-6-13-7-15-10)14-5-8-2-1-3-9(4-8)12(17)18/h1-4,6-7H,5H2,(H,13,15)(H,14,16)(H,17,18). The van der Waals surface area contributed by atoms with Crippen LogP contribution in [0.5, 0.6) is 0 Å². The summed E-state index contributed by atoms with van der Waals surface area (Å²) in [5.74, 6) is -1.27. The maximum Gasteiger partial charge on any atom is 0.335 e. The van der Waals surface area contributed by atoms with Crippen LogP contribution in [-0.2, 0) is 6.54 Å². The van der Waals surface area contributed by atoms with Crippen molar-refractivity contribution in [1.29, 1.82) is 0 Å². The van der Waals surface area contributed by atoms with Gasteiger partial charge in [0.25, 0.3) is 5.91 Å². The van der Waals surface area contributed by atoms with Crippen LogP contribution < -0.4 is 5.32 Å². The lowest BCUT2D eigenvalue weighted by molar-refractivity contribution is 0.0696. The zero-order valence-electron chi connectivity index (χ0n) is 9.38. The number of hydrogen-bond acceptors (Lipinski definition) is 3. The highest BCUT2D eigenvalue weighted by Crippen LogP contribution is 2.05. The Bertz CT molecular complexity index is 564. The molecule has 0 radical (unpaired) electrons. The lowest BCUT2D eigenvalue weighted by Crippen LogP contribution is -2.23. The van der Waals surface area contributed by atoms with E-state index in [2.05, 4.69) is 15.3 Å². The predicted octanol–water partition coefficient (Wildman–Crippen LogP) is 1.04. The van der Waals surface area contributed by atoms with Crippen molar-refractivity contribution in [2.24, 2.45) is 0 Å². The van der Waals surface area contributed by atoms with Crippen LogP contribution in [0.4, 0.5) is 0 Å². The maximum atomic E-state index is 11.6.